The summed E-state index contributed by atoms with van der Waals surface area (Å²) < 4.78 is 5.63. The summed E-state index contributed by atoms with van der Waals surface area (Å²) in [5.41, 5.74) is 0.534. The van der Waals surface area contributed by atoms with E-state index in [2.05, 4.69) is 4.98 Å². The Morgan fingerprint density at radius 2 is 2.08 bits per heavy atom. The first-order valence-corrected chi connectivity index (χ1v) is 9.66. The summed E-state index contributed by atoms with van der Waals surface area (Å²) >= 11 is 1.52. The lowest BCUT2D eigenvalue weighted by Gasteiger charge is -2.26. The lowest BCUT2D eigenvalue weighted by atomic mass is 10.1. The molecule has 0 radical (unpaired) electrons. The molecule has 26 heavy (non-hydrogen) atoms. The minimum atomic E-state index is -0.104. The molecule has 1 aliphatic heterocycles. The zero-order chi connectivity index (χ0) is 18.4. The highest BCUT2D eigenvalue weighted by Crippen LogP contribution is 2.17. The molecular formula is C19H23N3O3S. The number of likely N-dealkylation sites (tertiary alicyclic amines) is 1. The van der Waals surface area contributed by atoms with Gasteiger partial charge < -0.3 is 14.5 Å². The average molecular weight is 373 g/mol. The van der Waals surface area contributed by atoms with Crippen LogP contribution in [0.5, 0.6) is 5.75 Å². The second-order valence-electron chi connectivity index (χ2n) is 6.35. The molecule has 1 aromatic carbocycles. The Hall–Kier alpha value is -2.41. The quantitative estimate of drug-likeness (QED) is 0.781. The van der Waals surface area contributed by atoms with Gasteiger partial charge in [-0.25, -0.2) is 4.98 Å². The maximum atomic E-state index is 12.6. The lowest BCUT2D eigenvalue weighted by molar-refractivity contribution is -0.134. The van der Waals surface area contributed by atoms with Crippen molar-refractivity contribution in [2.45, 2.75) is 25.8 Å². The van der Waals surface area contributed by atoms with Crippen LogP contribution in [0.25, 0.3) is 0 Å². The van der Waals surface area contributed by atoms with Crippen molar-refractivity contribution in [1.82, 2.24) is 14.8 Å². The van der Waals surface area contributed by atoms with Gasteiger partial charge in [0.1, 0.15) is 10.8 Å². The number of hydrogen-bond donors (Lipinski definition) is 0. The standard InChI is InChI=1S/C19H23N3O3S/c1-21(13-17-20-8-11-26-17)19(24)15-6-5-7-16(12-15)25-14-18(23)22-9-3-2-4-10-22/h5-8,11-12H,2-4,9-10,13-14H2,1H3. The number of nitrogens with zero attached hydrogens (tertiary/aromatic N) is 3. The van der Waals surface area contributed by atoms with Crippen LogP contribution in [0, 0.1) is 0 Å². The van der Waals surface area contributed by atoms with Crippen LogP contribution in [0.4, 0.5) is 0 Å². The third-order valence-electron chi connectivity index (χ3n) is 4.35. The van der Waals surface area contributed by atoms with E-state index in [1.54, 1.807) is 42.4 Å². The summed E-state index contributed by atoms with van der Waals surface area (Å²) in [7, 11) is 1.75. The van der Waals surface area contributed by atoms with Crippen LogP contribution < -0.4 is 4.74 Å². The molecule has 0 bridgehead atoms. The van der Waals surface area contributed by atoms with Gasteiger partial charge >= 0.3 is 0 Å². The number of carbonyl (C=O) groups is 2. The van der Waals surface area contributed by atoms with Crippen molar-refractivity contribution in [2.24, 2.45) is 0 Å². The molecule has 0 atom stereocenters. The van der Waals surface area contributed by atoms with E-state index >= 15 is 0 Å². The Balaban J connectivity index is 1.56. The van der Waals surface area contributed by atoms with E-state index in [-0.39, 0.29) is 18.4 Å². The number of amides is 2. The number of thiazole rings is 1. The van der Waals surface area contributed by atoms with E-state index in [9.17, 15) is 9.59 Å². The lowest BCUT2D eigenvalue weighted by Crippen LogP contribution is -2.38. The zero-order valence-electron chi connectivity index (χ0n) is 14.9. The van der Waals surface area contributed by atoms with Gasteiger partial charge in [0.15, 0.2) is 6.61 Å². The molecule has 0 saturated carbocycles. The van der Waals surface area contributed by atoms with Crippen molar-refractivity contribution in [3.05, 3.63) is 46.4 Å². The van der Waals surface area contributed by atoms with Crippen molar-refractivity contribution >= 4 is 23.2 Å². The summed E-state index contributed by atoms with van der Waals surface area (Å²) in [6.07, 6.45) is 5.03. The molecule has 2 amide bonds. The summed E-state index contributed by atoms with van der Waals surface area (Å²) in [5, 5.41) is 2.78. The van der Waals surface area contributed by atoms with Gasteiger partial charge in [0.05, 0.1) is 6.54 Å². The molecule has 1 saturated heterocycles. The van der Waals surface area contributed by atoms with Crippen LogP contribution >= 0.6 is 11.3 Å². The van der Waals surface area contributed by atoms with Gasteiger partial charge in [-0.15, -0.1) is 11.3 Å². The number of aromatic nitrogens is 1. The fourth-order valence-corrected chi connectivity index (χ4v) is 3.59. The molecule has 1 fully saturated rings. The van der Waals surface area contributed by atoms with Crippen molar-refractivity contribution in [3.63, 3.8) is 0 Å². The van der Waals surface area contributed by atoms with Crippen molar-refractivity contribution < 1.29 is 14.3 Å². The SMILES string of the molecule is CN(Cc1nccs1)C(=O)c1cccc(OCC(=O)N2CCCCC2)c1. The number of carbonyl (C=O) groups excluding carboxylic acids is 2. The van der Waals surface area contributed by atoms with Gasteiger partial charge in [-0.3, -0.25) is 9.59 Å². The summed E-state index contributed by atoms with van der Waals surface area (Å²) in [5.74, 6) is 0.430. The highest BCUT2D eigenvalue weighted by Gasteiger charge is 2.18. The first-order valence-electron chi connectivity index (χ1n) is 8.78. The maximum absolute atomic E-state index is 12.6. The van der Waals surface area contributed by atoms with Gasteiger partial charge in [-0.2, -0.15) is 0 Å². The number of ether oxygens (including phenoxy) is 1. The van der Waals surface area contributed by atoms with Crippen LogP contribution in [-0.2, 0) is 11.3 Å². The Morgan fingerprint density at radius 3 is 2.81 bits per heavy atom. The molecule has 2 aromatic rings. The van der Waals surface area contributed by atoms with E-state index < -0.39 is 0 Å². The van der Waals surface area contributed by atoms with E-state index in [0.29, 0.717) is 17.9 Å². The van der Waals surface area contributed by atoms with Crippen LogP contribution in [0.3, 0.4) is 0 Å². The Labute approximate surface area is 157 Å². The van der Waals surface area contributed by atoms with Gasteiger partial charge in [0, 0.05) is 37.3 Å². The highest BCUT2D eigenvalue weighted by molar-refractivity contribution is 7.09. The van der Waals surface area contributed by atoms with Gasteiger partial charge in [-0.05, 0) is 37.5 Å². The number of piperidine rings is 1. The van der Waals surface area contributed by atoms with Crippen molar-refractivity contribution in [1.29, 1.82) is 0 Å². The predicted octanol–water partition coefficient (Wildman–Crippen LogP) is 2.81. The minimum Gasteiger partial charge on any atom is -0.484 e. The van der Waals surface area contributed by atoms with Crippen molar-refractivity contribution in [3.8, 4) is 5.75 Å². The molecule has 0 spiro atoms. The monoisotopic (exact) mass is 373 g/mol. The molecule has 138 valence electrons. The van der Waals surface area contributed by atoms with Gasteiger partial charge in [0.2, 0.25) is 0 Å². The second-order valence-corrected chi connectivity index (χ2v) is 7.32. The Bertz CT molecular complexity index is 742. The predicted molar refractivity (Wildman–Crippen MR) is 100 cm³/mol. The normalized spacial score (nSPS) is 14.1. The van der Waals surface area contributed by atoms with Gasteiger partial charge in [-0.1, -0.05) is 6.07 Å². The summed E-state index contributed by atoms with van der Waals surface area (Å²) in [4.78, 5) is 32.4. The molecule has 0 aliphatic carbocycles. The van der Waals surface area contributed by atoms with Crippen LogP contribution in [0.2, 0.25) is 0 Å². The zero-order valence-corrected chi connectivity index (χ0v) is 15.7. The molecule has 0 unspecified atom stereocenters. The molecule has 3 rings (SSSR count). The molecule has 7 heteroatoms. The van der Waals surface area contributed by atoms with E-state index in [4.69, 9.17) is 4.74 Å². The number of hydrogen-bond acceptors (Lipinski definition) is 5. The first kappa shape index (κ1) is 18.4. The minimum absolute atomic E-state index is 0.00215. The second kappa shape index (κ2) is 8.80. The topological polar surface area (TPSA) is 62.7 Å². The fourth-order valence-electron chi connectivity index (χ4n) is 2.92. The fraction of sp³-hybridized carbons (Fsp3) is 0.421. The highest BCUT2D eigenvalue weighted by atomic mass is 32.1. The number of benzene rings is 1. The molecule has 0 N–H and O–H groups in total. The third kappa shape index (κ3) is 4.82. The van der Waals surface area contributed by atoms with E-state index in [0.717, 1.165) is 30.9 Å². The molecule has 6 nitrogen and oxygen atoms in total. The smallest absolute Gasteiger partial charge is 0.260 e. The Kier molecular flexibility index (Phi) is 6.22. The van der Waals surface area contributed by atoms with Crippen LogP contribution in [-0.4, -0.2) is 53.3 Å². The maximum Gasteiger partial charge on any atom is 0.260 e. The van der Waals surface area contributed by atoms with Crippen LogP contribution in [0.15, 0.2) is 35.8 Å². The first-order chi connectivity index (χ1) is 12.6. The van der Waals surface area contributed by atoms with Gasteiger partial charge in [0.25, 0.3) is 11.8 Å². The summed E-state index contributed by atoms with van der Waals surface area (Å²) in [6.45, 7) is 2.09. The molecule has 1 aromatic heterocycles. The average Bonchev–Trinajstić information content (AvgIpc) is 3.19. The number of rotatable bonds is 6. The van der Waals surface area contributed by atoms with Crippen molar-refractivity contribution in [2.75, 3.05) is 26.7 Å². The molecule has 2 heterocycles. The Morgan fingerprint density at radius 1 is 1.27 bits per heavy atom. The molecule has 1 aliphatic rings. The third-order valence-corrected chi connectivity index (χ3v) is 5.12. The van der Waals surface area contributed by atoms with Crippen LogP contribution in [0.1, 0.15) is 34.6 Å². The van der Waals surface area contributed by atoms with E-state index in [1.165, 1.54) is 17.8 Å². The summed E-state index contributed by atoms with van der Waals surface area (Å²) in [6, 6.07) is 6.97. The van der Waals surface area contributed by atoms with E-state index in [1.807, 2.05) is 10.3 Å². The largest absolute Gasteiger partial charge is 0.484 e. The molecular weight excluding hydrogens is 350 g/mol.